The fraction of sp³-hybridized carbons (Fsp3) is 0.143. The van der Waals surface area contributed by atoms with Crippen LogP contribution in [0.3, 0.4) is 0 Å². The Balaban J connectivity index is 2.17. The molecule has 1 heterocycles. The molecule has 3 aromatic rings. The lowest BCUT2D eigenvalue weighted by atomic mass is 10.1. The first-order valence-electron chi connectivity index (χ1n) is 6.29. The van der Waals surface area contributed by atoms with Crippen LogP contribution in [-0.4, -0.2) is 16.1 Å². The topological polar surface area (TPSA) is 51.5 Å². The van der Waals surface area contributed by atoms with Crippen LogP contribution in [0, 0.1) is 0 Å². The van der Waals surface area contributed by atoms with Crippen molar-refractivity contribution < 1.29 is 14.0 Å². The van der Waals surface area contributed by atoms with E-state index in [2.05, 4.69) is 0 Å². The standard InChI is InChI=1S/C14H12Cl2NO3P/c15-9-1-3-13-11(7-9)12-8-10(16)2-4-14(12)17(13)5-6-20-21(18)19/h1-4,7-8,21H,5-6H2,(H,18,19). The number of aromatic nitrogens is 1. The van der Waals surface area contributed by atoms with Crippen molar-refractivity contribution in [1.82, 2.24) is 4.57 Å². The molecule has 0 saturated carbocycles. The molecule has 21 heavy (non-hydrogen) atoms. The van der Waals surface area contributed by atoms with E-state index in [1.165, 1.54) is 0 Å². The van der Waals surface area contributed by atoms with Crippen LogP contribution in [-0.2, 0) is 15.6 Å². The zero-order valence-corrected chi connectivity index (χ0v) is 13.4. The minimum Gasteiger partial charge on any atom is -0.338 e. The molecule has 1 N–H and O–H groups in total. The molecule has 0 fully saturated rings. The summed E-state index contributed by atoms with van der Waals surface area (Å²) < 4.78 is 17.5. The zero-order valence-electron chi connectivity index (χ0n) is 10.8. The average Bonchev–Trinajstić information content (AvgIpc) is 2.72. The molecule has 1 atom stereocenters. The summed E-state index contributed by atoms with van der Waals surface area (Å²) >= 11 is 12.2. The van der Waals surface area contributed by atoms with Gasteiger partial charge in [0.1, 0.15) is 0 Å². The van der Waals surface area contributed by atoms with Crippen LogP contribution in [0.4, 0.5) is 0 Å². The molecular weight excluding hydrogens is 332 g/mol. The first kappa shape index (κ1) is 14.9. The van der Waals surface area contributed by atoms with E-state index in [-0.39, 0.29) is 6.61 Å². The number of fused-ring (bicyclic) bond motifs is 3. The summed E-state index contributed by atoms with van der Waals surface area (Å²) in [4.78, 5) is 8.76. The van der Waals surface area contributed by atoms with E-state index >= 15 is 0 Å². The summed E-state index contributed by atoms with van der Waals surface area (Å²) in [5.41, 5.74) is 1.97. The first-order valence-corrected chi connectivity index (χ1v) is 8.31. The van der Waals surface area contributed by atoms with E-state index in [0.717, 1.165) is 21.8 Å². The predicted octanol–water partition coefficient (Wildman–Crippen LogP) is 4.50. The van der Waals surface area contributed by atoms with Crippen LogP contribution in [0.2, 0.25) is 10.0 Å². The molecule has 0 aliphatic heterocycles. The minimum atomic E-state index is -2.91. The molecule has 1 unspecified atom stereocenters. The fourth-order valence-corrected chi connectivity index (χ4v) is 3.12. The summed E-state index contributed by atoms with van der Waals surface area (Å²) in [6, 6.07) is 11.3. The van der Waals surface area contributed by atoms with Gasteiger partial charge in [0.05, 0.1) is 6.61 Å². The molecule has 0 amide bonds. The quantitative estimate of drug-likeness (QED) is 0.709. The highest BCUT2D eigenvalue weighted by Gasteiger charge is 2.11. The zero-order chi connectivity index (χ0) is 15.0. The third-order valence-corrected chi connectivity index (χ3v) is 4.25. The van der Waals surface area contributed by atoms with Gasteiger partial charge in [-0.25, -0.2) is 0 Å². The highest BCUT2D eigenvalue weighted by atomic mass is 35.5. The molecule has 0 radical (unpaired) electrons. The van der Waals surface area contributed by atoms with E-state index in [9.17, 15) is 4.57 Å². The van der Waals surface area contributed by atoms with Crippen molar-refractivity contribution in [3.63, 3.8) is 0 Å². The summed E-state index contributed by atoms with van der Waals surface area (Å²) in [5.74, 6) is 0. The Labute approximate surface area is 131 Å². The maximum absolute atomic E-state index is 10.7. The number of hydrogen-bond acceptors (Lipinski definition) is 2. The highest BCUT2D eigenvalue weighted by molar-refractivity contribution is 7.32. The molecule has 110 valence electrons. The number of benzene rings is 2. The number of hydrogen-bond donors (Lipinski definition) is 1. The first-order chi connectivity index (χ1) is 10.1. The van der Waals surface area contributed by atoms with Crippen LogP contribution in [0.1, 0.15) is 0 Å². The second-order valence-corrected chi connectivity index (χ2v) is 6.28. The lowest BCUT2D eigenvalue weighted by Gasteiger charge is -2.07. The minimum absolute atomic E-state index is 0.165. The van der Waals surface area contributed by atoms with Gasteiger partial charge in [0.15, 0.2) is 0 Å². The van der Waals surface area contributed by atoms with Gasteiger partial charge in [-0.2, -0.15) is 0 Å². The van der Waals surface area contributed by atoms with Crippen molar-refractivity contribution in [2.75, 3.05) is 6.61 Å². The van der Waals surface area contributed by atoms with Gasteiger partial charge < -0.3 is 14.0 Å². The lowest BCUT2D eigenvalue weighted by Crippen LogP contribution is -2.02. The van der Waals surface area contributed by atoms with Crippen molar-refractivity contribution in [3.8, 4) is 0 Å². The van der Waals surface area contributed by atoms with Gasteiger partial charge in [-0.15, -0.1) is 0 Å². The average molecular weight is 344 g/mol. The van der Waals surface area contributed by atoms with Gasteiger partial charge in [-0.3, -0.25) is 4.57 Å². The Morgan fingerprint density at radius 1 is 1.05 bits per heavy atom. The molecular formula is C14H12Cl2NO3P. The van der Waals surface area contributed by atoms with Crippen LogP contribution in [0.25, 0.3) is 21.8 Å². The summed E-state index contributed by atoms with van der Waals surface area (Å²) in [6.07, 6.45) is 0. The fourth-order valence-electron chi connectivity index (χ4n) is 2.51. The van der Waals surface area contributed by atoms with Crippen LogP contribution < -0.4 is 0 Å². The molecule has 1 aromatic heterocycles. The summed E-state index contributed by atoms with van der Waals surface area (Å²) in [5, 5.41) is 3.30. The van der Waals surface area contributed by atoms with Crippen LogP contribution in [0.5, 0.6) is 0 Å². The molecule has 0 bridgehead atoms. The maximum atomic E-state index is 10.7. The highest BCUT2D eigenvalue weighted by Crippen LogP contribution is 2.32. The summed E-state index contributed by atoms with van der Waals surface area (Å²) in [6.45, 7) is 0.638. The number of halogens is 2. The maximum Gasteiger partial charge on any atom is 0.316 e. The molecule has 4 nitrogen and oxygen atoms in total. The van der Waals surface area contributed by atoms with Gasteiger partial charge in [-0.1, -0.05) is 23.2 Å². The van der Waals surface area contributed by atoms with Crippen molar-refractivity contribution in [3.05, 3.63) is 46.4 Å². The Morgan fingerprint density at radius 3 is 2.05 bits per heavy atom. The Bertz CT molecular complexity index is 788. The van der Waals surface area contributed by atoms with E-state index < -0.39 is 8.25 Å². The van der Waals surface area contributed by atoms with Gasteiger partial charge in [0.2, 0.25) is 0 Å². The normalized spacial score (nSPS) is 13.1. The third kappa shape index (κ3) is 2.96. The van der Waals surface area contributed by atoms with E-state index in [4.69, 9.17) is 32.6 Å². The molecule has 3 rings (SSSR count). The smallest absolute Gasteiger partial charge is 0.316 e. The molecule has 7 heteroatoms. The number of nitrogens with zero attached hydrogens (tertiary/aromatic N) is 1. The van der Waals surface area contributed by atoms with Gasteiger partial charge in [0, 0.05) is 38.4 Å². The van der Waals surface area contributed by atoms with Gasteiger partial charge in [0.25, 0.3) is 0 Å². The Hall–Kier alpha value is -1.03. The monoisotopic (exact) mass is 343 g/mol. The van der Waals surface area contributed by atoms with Crippen LogP contribution >= 0.6 is 31.5 Å². The number of rotatable bonds is 4. The lowest BCUT2D eigenvalue weighted by molar-refractivity contribution is 0.271. The van der Waals surface area contributed by atoms with E-state index in [1.54, 1.807) is 0 Å². The Kier molecular flexibility index (Phi) is 4.25. The Morgan fingerprint density at radius 2 is 1.57 bits per heavy atom. The largest absolute Gasteiger partial charge is 0.338 e. The van der Waals surface area contributed by atoms with Crippen molar-refractivity contribution in [2.45, 2.75) is 6.54 Å². The van der Waals surface area contributed by atoms with Crippen molar-refractivity contribution in [2.24, 2.45) is 0 Å². The van der Waals surface area contributed by atoms with Gasteiger partial charge >= 0.3 is 8.25 Å². The molecule has 0 spiro atoms. The third-order valence-electron chi connectivity index (χ3n) is 3.33. The SMILES string of the molecule is O=[PH](O)OCCn1c2ccc(Cl)cc2c2cc(Cl)ccc21. The second kappa shape index (κ2) is 5.99. The summed E-state index contributed by atoms with van der Waals surface area (Å²) in [7, 11) is -2.91. The van der Waals surface area contributed by atoms with E-state index in [0.29, 0.717) is 16.6 Å². The van der Waals surface area contributed by atoms with Crippen molar-refractivity contribution >= 4 is 53.3 Å². The molecule has 0 saturated heterocycles. The predicted molar refractivity (Wildman–Crippen MR) is 86.6 cm³/mol. The van der Waals surface area contributed by atoms with Crippen LogP contribution in [0.15, 0.2) is 36.4 Å². The van der Waals surface area contributed by atoms with Gasteiger partial charge in [-0.05, 0) is 36.4 Å². The van der Waals surface area contributed by atoms with Crippen molar-refractivity contribution in [1.29, 1.82) is 0 Å². The molecule has 0 aliphatic carbocycles. The second-order valence-electron chi connectivity index (χ2n) is 4.59. The molecule has 2 aromatic carbocycles. The molecule has 0 aliphatic rings. The van der Waals surface area contributed by atoms with E-state index in [1.807, 2.05) is 41.0 Å².